The van der Waals surface area contributed by atoms with E-state index in [1.165, 1.54) is 6.42 Å². The number of aliphatic hydroxyl groups excluding tert-OH is 1. The summed E-state index contributed by atoms with van der Waals surface area (Å²) in [5.41, 5.74) is 1.13. The van der Waals surface area contributed by atoms with Gasteiger partial charge in [0.2, 0.25) is 5.89 Å². The normalized spacial score (nSPS) is 23.0. The number of halogens is 1. The van der Waals surface area contributed by atoms with Crippen molar-refractivity contribution in [3.63, 3.8) is 0 Å². The Morgan fingerprint density at radius 3 is 2.86 bits per heavy atom. The van der Waals surface area contributed by atoms with Crippen molar-refractivity contribution in [3.05, 3.63) is 46.0 Å². The van der Waals surface area contributed by atoms with Crippen LogP contribution >= 0.6 is 15.9 Å². The van der Waals surface area contributed by atoms with E-state index in [4.69, 9.17) is 4.52 Å². The summed E-state index contributed by atoms with van der Waals surface area (Å²) >= 11 is 3.53. The highest BCUT2D eigenvalue weighted by molar-refractivity contribution is 9.10. The lowest BCUT2D eigenvalue weighted by molar-refractivity contribution is 0.119. The van der Waals surface area contributed by atoms with Crippen LogP contribution in [-0.2, 0) is 6.42 Å². The van der Waals surface area contributed by atoms with Crippen LogP contribution in [0.1, 0.15) is 55.3 Å². The van der Waals surface area contributed by atoms with Crippen molar-refractivity contribution in [1.82, 2.24) is 10.1 Å². The molecule has 1 aliphatic rings. The van der Waals surface area contributed by atoms with Crippen molar-refractivity contribution < 1.29 is 9.63 Å². The molecule has 0 spiro atoms. The molecule has 1 fully saturated rings. The van der Waals surface area contributed by atoms with E-state index in [-0.39, 0.29) is 12.0 Å². The Kier molecular flexibility index (Phi) is 4.70. The van der Waals surface area contributed by atoms with E-state index in [1.54, 1.807) is 0 Å². The monoisotopic (exact) mass is 350 g/mol. The molecular formula is C16H19BrN2O2. The lowest BCUT2D eigenvalue weighted by Gasteiger charge is -2.15. The number of hydrogen-bond donors (Lipinski definition) is 1. The second-order valence-electron chi connectivity index (χ2n) is 5.63. The Morgan fingerprint density at radius 2 is 2.00 bits per heavy atom. The number of aliphatic hydroxyl groups is 1. The SMILES string of the molecule is OC1CCCCCC1c1nc(Cc2ccccc2Br)no1. The van der Waals surface area contributed by atoms with Gasteiger partial charge < -0.3 is 9.63 Å². The smallest absolute Gasteiger partial charge is 0.232 e. The standard InChI is InChI=1S/C16H19BrN2O2/c17-13-8-5-4-6-11(13)10-15-18-16(21-19-15)12-7-2-1-3-9-14(12)20/h4-6,8,12,14,20H,1-3,7,9-10H2. The highest BCUT2D eigenvalue weighted by atomic mass is 79.9. The molecule has 1 saturated carbocycles. The molecule has 2 unspecified atom stereocenters. The molecule has 1 N–H and O–H groups in total. The van der Waals surface area contributed by atoms with Gasteiger partial charge in [-0.1, -0.05) is 58.5 Å². The molecule has 0 radical (unpaired) electrons. The fourth-order valence-corrected chi connectivity index (χ4v) is 3.30. The van der Waals surface area contributed by atoms with Gasteiger partial charge in [-0.2, -0.15) is 4.98 Å². The fourth-order valence-electron chi connectivity index (χ4n) is 2.88. The minimum atomic E-state index is -0.357. The molecule has 0 amide bonds. The van der Waals surface area contributed by atoms with Crippen LogP contribution in [0.25, 0.3) is 0 Å². The molecular weight excluding hydrogens is 332 g/mol. The van der Waals surface area contributed by atoms with Crippen molar-refractivity contribution in [2.75, 3.05) is 0 Å². The Morgan fingerprint density at radius 1 is 1.19 bits per heavy atom. The minimum Gasteiger partial charge on any atom is -0.392 e. The van der Waals surface area contributed by atoms with Gasteiger partial charge in [-0.15, -0.1) is 0 Å². The average Bonchev–Trinajstić information content (AvgIpc) is 2.82. The highest BCUT2D eigenvalue weighted by Crippen LogP contribution is 2.31. The van der Waals surface area contributed by atoms with Gasteiger partial charge in [0.25, 0.3) is 0 Å². The first-order chi connectivity index (χ1) is 10.2. The molecule has 1 aromatic heterocycles. The summed E-state index contributed by atoms with van der Waals surface area (Å²) in [7, 11) is 0. The van der Waals surface area contributed by atoms with Gasteiger partial charge in [0, 0.05) is 10.9 Å². The van der Waals surface area contributed by atoms with Crippen LogP contribution in [0.15, 0.2) is 33.3 Å². The summed E-state index contributed by atoms with van der Waals surface area (Å²) in [6.07, 6.45) is 5.40. The van der Waals surface area contributed by atoms with Crippen molar-refractivity contribution in [3.8, 4) is 0 Å². The zero-order valence-electron chi connectivity index (χ0n) is 11.8. The molecule has 1 heterocycles. The second kappa shape index (κ2) is 6.71. The lowest BCUT2D eigenvalue weighted by atomic mass is 9.97. The average molecular weight is 351 g/mol. The number of benzene rings is 1. The zero-order valence-corrected chi connectivity index (χ0v) is 13.4. The summed E-state index contributed by atoms with van der Waals surface area (Å²) in [5, 5.41) is 14.3. The minimum absolute atomic E-state index is 0.00651. The number of nitrogens with zero attached hydrogens (tertiary/aromatic N) is 2. The fraction of sp³-hybridized carbons (Fsp3) is 0.500. The van der Waals surface area contributed by atoms with Crippen LogP contribution in [-0.4, -0.2) is 21.4 Å². The Bertz CT molecular complexity index is 599. The molecule has 2 atom stereocenters. The van der Waals surface area contributed by atoms with Crippen LogP contribution in [0.2, 0.25) is 0 Å². The Balaban J connectivity index is 1.75. The van der Waals surface area contributed by atoms with Gasteiger partial charge in [0.15, 0.2) is 5.82 Å². The van der Waals surface area contributed by atoms with Crippen molar-refractivity contribution in [2.24, 2.45) is 0 Å². The summed E-state index contributed by atoms with van der Waals surface area (Å²) in [4.78, 5) is 4.50. The predicted molar refractivity (Wildman–Crippen MR) is 83.1 cm³/mol. The van der Waals surface area contributed by atoms with Crippen LogP contribution < -0.4 is 0 Å². The van der Waals surface area contributed by atoms with Gasteiger partial charge in [0.05, 0.1) is 12.0 Å². The Labute approximate surface area is 132 Å². The first-order valence-corrected chi connectivity index (χ1v) is 8.27. The molecule has 0 aliphatic heterocycles. The molecule has 112 valence electrons. The molecule has 0 saturated heterocycles. The maximum absolute atomic E-state index is 10.2. The van der Waals surface area contributed by atoms with Gasteiger partial charge in [0.1, 0.15) is 0 Å². The van der Waals surface area contributed by atoms with Gasteiger partial charge in [-0.05, 0) is 24.5 Å². The van der Waals surface area contributed by atoms with Crippen LogP contribution in [0.4, 0.5) is 0 Å². The molecule has 3 rings (SSSR count). The van der Waals surface area contributed by atoms with Crippen LogP contribution in [0.5, 0.6) is 0 Å². The third kappa shape index (κ3) is 3.52. The molecule has 1 aliphatic carbocycles. The van der Waals surface area contributed by atoms with E-state index in [1.807, 2.05) is 24.3 Å². The van der Waals surface area contributed by atoms with E-state index in [9.17, 15) is 5.11 Å². The van der Waals surface area contributed by atoms with Crippen LogP contribution in [0, 0.1) is 0 Å². The lowest BCUT2D eigenvalue weighted by Crippen LogP contribution is -2.17. The molecule has 5 heteroatoms. The van der Waals surface area contributed by atoms with Gasteiger partial charge >= 0.3 is 0 Å². The van der Waals surface area contributed by atoms with Gasteiger partial charge in [-0.3, -0.25) is 0 Å². The molecule has 2 aromatic rings. The second-order valence-corrected chi connectivity index (χ2v) is 6.48. The highest BCUT2D eigenvalue weighted by Gasteiger charge is 2.28. The molecule has 1 aromatic carbocycles. The summed E-state index contributed by atoms with van der Waals surface area (Å²) < 4.78 is 6.45. The number of rotatable bonds is 3. The summed E-state index contributed by atoms with van der Waals surface area (Å²) in [6, 6.07) is 8.03. The first-order valence-electron chi connectivity index (χ1n) is 7.48. The van der Waals surface area contributed by atoms with Crippen molar-refractivity contribution in [2.45, 2.75) is 50.5 Å². The summed E-state index contributed by atoms with van der Waals surface area (Å²) in [5.74, 6) is 1.26. The van der Waals surface area contributed by atoms with E-state index >= 15 is 0 Å². The zero-order chi connectivity index (χ0) is 14.7. The maximum Gasteiger partial charge on any atom is 0.232 e. The van der Waals surface area contributed by atoms with E-state index in [0.29, 0.717) is 18.1 Å². The molecule has 0 bridgehead atoms. The largest absolute Gasteiger partial charge is 0.392 e. The predicted octanol–water partition coefficient (Wildman–Crippen LogP) is 3.83. The third-order valence-electron chi connectivity index (χ3n) is 4.09. The van der Waals surface area contributed by atoms with E-state index < -0.39 is 0 Å². The van der Waals surface area contributed by atoms with Gasteiger partial charge in [-0.25, -0.2) is 0 Å². The van der Waals surface area contributed by atoms with E-state index in [0.717, 1.165) is 35.7 Å². The van der Waals surface area contributed by atoms with Crippen molar-refractivity contribution in [1.29, 1.82) is 0 Å². The molecule has 4 nitrogen and oxygen atoms in total. The summed E-state index contributed by atoms with van der Waals surface area (Å²) in [6.45, 7) is 0. The van der Waals surface area contributed by atoms with Crippen molar-refractivity contribution >= 4 is 15.9 Å². The Hall–Kier alpha value is -1.20. The van der Waals surface area contributed by atoms with Crippen LogP contribution in [0.3, 0.4) is 0 Å². The number of hydrogen-bond acceptors (Lipinski definition) is 4. The quantitative estimate of drug-likeness (QED) is 0.854. The maximum atomic E-state index is 10.2. The first kappa shape index (κ1) is 14.7. The third-order valence-corrected chi connectivity index (χ3v) is 4.86. The molecule has 21 heavy (non-hydrogen) atoms. The topological polar surface area (TPSA) is 59.2 Å². The van der Waals surface area contributed by atoms with E-state index in [2.05, 4.69) is 26.1 Å². The number of aromatic nitrogens is 2.